The van der Waals surface area contributed by atoms with E-state index in [2.05, 4.69) is 20.9 Å². The fraction of sp³-hybridized carbons (Fsp3) is 0.286. The molecule has 3 N–H and O–H groups in total. The van der Waals surface area contributed by atoms with Gasteiger partial charge >= 0.3 is 0 Å². The second kappa shape index (κ2) is 3.87. The van der Waals surface area contributed by atoms with E-state index < -0.39 is 12.0 Å². The van der Waals surface area contributed by atoms with Crippen molar-refractivity contribution in [1.29, 1.82) is 0 Å². The van der Waals surface area contributed by atoms with E-state index in [0.29, 0.717) is 0 Å². The Morgan fingerprint density at radius 1 is 1.62 bits per heavy atom. The molecule has 1 rings (SSSR count). The smallest absolute Gasteiger partial charge is 0.271 e. The van der Waals surface area contributed by atoms with Gasteiger partial charge in [0.15, 0.2) is 0 Å². The Labute approximate surface area is 81.1 Å². The highest BCUT2D eigenvalue weighted by molar-refractivity contribution is 9.08. The number of alkyl halides is 3. The number of aromatic nitrogens is 1. The number of pyridine rings is 1. The van der Waals surface area contributed by atoms with Crippen LogP contribution >= 0.6 is 15.9 Å². The molecule has 0 aliphatic heterocycles. The summed E-state index contributed by atoms with van der Waals surface area (Å²) in [5, 5.41) is 0.169. The molecule has 0 aromatic carbocycles. The molecule has 6 heteroatoms. The third-order valence-electron chi connectivity index (χ3n) is 1.55. The van der Waals surface area contributed by atoms with Crippen LogP contribution in [0.25, 0.3) is 0 Å². The fourth-order valence-corrected chi connectivity index (χ4v) is 1.37. The van der Waals surface area contributed by atoms with Crippen LogP contribution in [-0.4, -0.2) is 4.98 Å². The Balaban J connectivity index is 3.33. The van der Waals surface area contributed by atoms with Crippen LogP contribution in [0.3, 0.4) is 0 Å². The Kier molecular flexibility index (Phi) is 3.02. The number of hydrogen-bond acceptors (Lipinski definition) is 2. The summed E-state index contributed by atoms with van der Waals surface area (Å²) in [7, 11) is 0. The van der Waals surface area contributed by atoms with Gasteiger partial charge in [0.2, 0.25) is 0 Å². The first-order valence-electron chi connectivity index (χ1n) is 3.42. The van der Waals surface area contributed by atoms with Gasteiger partial charge in [-0.2, -0.15) is 0 Å². The predicted molar refractivity (Wildman–Crippen MR) is 49.1 cm³/mol. The van der Waals surface area contributed by atoms with E-state index in [1.807, 2.05) is 0 Å². The number of rotatable bonds is 2. The zero-order valence-electron chi connectivity index (χ0n) is 6.48. The van der Waals surface area contributed by atoms with Gasteiger partial charge in [0.05, 0.1) is 5.69 Å². The summed E-state index contributed by atoms with van der Waals surface area (Å²) >= 11 is 2.99. The molecule has 1 aromatic rings. The third-order valence-corrected chi connectivity index (χ3v) is 2.12. The van der Waals surface area contributed by atoms with Crippen LogP contribution < -0.4 is 11.3 Å². The van der Waals surface area contributed by atoms with Crippen molar-refractivity contribution in [3.05, 3.63) is 27.7 Å². The average Bonchev–Trinajstić information content (AvgIpc) is 2.08. The van der Waals surface area contributed by atoms with Crippen LogP contribution in [0.15, 0.2) is 10.9 Å². The highest BCUT2D eigenvalue weighted by atomic mass is 79.9. The molecule has 0 spiro atoms. The second-order valence-electron chi connectivity index (χ2n) is 2.42. The minimum absolute atomic E-state index is 0.161. The summed E-state index contributed by atoms with van der Waals surface area (Å²) in [6.45, 7) is 0. The van der Waals surface area contributed by atoms with E-state index in [1.165, 1.54) is 0 Å². The van der Waals surface area contributed by atoms with Gasteiger partial charge in [0.1, 0.15) is 0 Å². The maximum absolute atomic E-state index is 12.3. The number of anilines is 1. The van der Waals surface area contributed by atoms with Gasteiger partial charge in [-0.15, -0.1) is 0 Å². The molecule has 0 amide bonds. The molecule has 0 atom stereocenters. The molecular weight excluding hydrogens is 246 g/mol. The zero-order chi connectivity index (χ0) is 10.0. The van der Waals surface area contributed by atoms with Crippen molar-refractivity contribution in [2.75, 3.05) is 5.73 Å². The lowest BCUT2D eigenvalue weighted by atomic mass is 10.2. The van der Waals surface area contributed by atoms with Gasteiger partial charge < -0.3 is 10.7 Å². The summed E-state index contributed by atoms with van der Waals surface area (Å²) in [6.07, 6.45) is -2.63. The van der Waals surface area contributed by atoms with Gasteiger partial charge in [0, 0.05) is 16.6 Å². The molecule has 0 saturated heterocycles. The lowest BCUT2D eigenvalue weighted by Crippen LogP contribution is -2.15. The van der Waals surface area contributed by atoms with Crippen molar-refractivity contribution in [3.8, 4) is 0 Å². The van der Waals surface area contributed by atoms with Crippen LogP contribution in [-0.2, 0) is 5.33 Å². The van der Waals surface area contributed by atoms with Gasteiger partial charge in [0.25, 0.3) is 12.0 Å². The third kappa shape index (κ3) is 2.06. The number of H-pyrrole nitrogens is 1. The quantitative estimate of drug-likeness (QED) is 0.789. The molecule has 0 radical (unpaired) electrons. The molecule has 0 fully saturated rings. The first-order chi connectivity index (χ1) is 6.06. The molecule has 0 bridgehead atoms. The zero-order valence-corrected chi connectivity index (χ0v) is 8.07. The second-order valence-corrected chi connectivity index (χ2v) is 2.98. The van der Waals surface area contributed by atoms with Gasteiger partial charge in [-0.05, 0) is 6.07 Å². The Hall–Kier alpha value is -0.910. The standard InChI is InChI=1S/C7H7BrF2N2O/c8-2-5-3(6(9)10)1-4(11)7(13)12-5/h1,6H,2,11H2,(H,12,13). The van der Waals surface area contributed by atoms with Crippen LogP contribution in [0.2, 0.25) is 0 Å². The molecule has 0 saturated carbocycles. The summed E-state index contributed by atoms with van der Waals surface area (Å²) in [4.78, 5) is 13.2. The lowest BCUT2D eigenvalue weighted by molar-refractivity contribution is 0.150. The van der Waals surface area contributed by atoms with Crippen LogP contribution in [0.1, 0.15) is 17.7 Å². The summed E-state index contributed by atoms with van der Waals surface area (Å²) in [5.74, 6) is 0. The highest BCUT2D eigenvalue weighted by Gasteiger charge is 2.14. The minimum Gasteiger partial charge on any atom is -0.394 e. The van der Waals surface area contributed by atoms with E-state index in [0.717, 1.165) is 6.07 Å². The monoisotopic (exact) mass is 252 g/mol. The Morgan fingerprint density at radius 3 is 2.69 bits per heavy atom. The van der Waals surface area contributed by atoms with Crippen LogP contribution in [0.4, 0.5) is 14.5 Å². The maximum atomic E-state index is 12.3. The van der Waals surface area contributed by atoms with Crippen molar-refractivity contribution >= 4 is 21.6 Å². The van der Waals surface area contributed by atoms with E-state index in [9.17, 15) is 13.6 Å². The van der Waals surface area contributed by atoms with Crippen LogP contribution in [0, 0.1) is 0 Å². The lowest BCUT2D eigenvalue weighted by Gasteiger charge is -2.06. The largest absolute Gasteiger partial charge is 0.394 e. The fourth-order valence-electron chi connectivity index (χ4n) is 0.907. The topological polar surface area (TPSA) is 58.9 Å². The number of nitrogens with two attached hydrogens (primary N) is 1. The van der Waals surface area contributed by atoms with Crippen molar-refractivity contribution in [3.63, 3.8) is 0 Å². The normalized spacial score (nSPS) is 10.8. The number of aromatic amines is 1. The average molecular weight is 253 g/mol. The molecule has 0 aliphatic carbocycles. The van der Waals surface area contributed by atoms with E-state index in [4.69, 9.17) is 5.73 Å². The van der Waals surface area contributed by atoms with E-state index in [1.54, 1.807) is 0 Å². The van der Waals surface area contributed by atoms with Crippen molar-refractivity contribution < 1.29 is 8.78 Å². The number of halogens is 3. The first kappa shape index (κ1) is 10.2. The SMILES string of the molecule is Nc1cc(C(F)F)c(CBr)[nH]c1=O. The van der Waals surface area contributed by atoms with Crippen LogP contribution in [0.5, 0.6) is 0 Å². The molecular formula is C7H7BrF2N2O. The molecule has 13 heavy (non-hydrogen) atoms. The van der Waals surface area contributed by atoms with Gasteiger partial charge in [-0.25, -0.2) is 8.78 Å². The Bertz CT molecular complexity index is 364. The maximum Gasteiger partial charge on any atom is 0.271 e. The van der Waals surface area contributed by atoms with Crippen molar-refractivity contribution in [2.24, 2.45) is 0 Å². The minimum atomic E-state index is -2.63. The number of nitrogens with one attached hydrogen (secondary N) is 1. The van der Waals surface area contributed by atoms with Crippen molar-refractivity contribution in [1.82, 2.24) is 4.98 Å². The van der Waals surface area contributed by atoms with Gasteiger partial charge in [-0.1, -0.05) is 15.9 Å². The first-order valence-corrected chi connectivity index (χ1v) is 4.54. The van der Waals surface area contributed by atoms with Gasteiger partial charge in [-0.3, -0.25) is 4.79 Å². The molecule has 0 unspecified atom stereocenters. The summed E-state index contributed by atoms with van der Waals surface area (Å²) < 4.78 is 24.7. The molecule has 1 aromatic heterocycles. The summed E-state index contributed by atoms with van der Waals surface area (Å²) in [5.41, 5.74) is 4.37. The van der Waals surface area contributed by atoms with Crippen molar-refractivity contribution in [2.45, 2.75) is 11.8 Å². The molecule has 1 heterocycles. The predicted octanol–water partition coefficient (Wildman–Crippen LogP) is 1.79. The molecule has 72 valence electrons. The summed E-state index contributed by atoms with van der Waals surface area (Å²) in [6, 6.07) is 1.00. The van der Waals surface area contributed by atoms with E-state index >= 15 is 0 Å². The number of hydrogen-bond donors (Lipinski definition) is 2. The van der Waals surface area contributed by atoms with E-state index in [-0.39, 0.29) is 22.3 Å². The highest BCUT2D eigenvalue weighted by Crippen LogP contribution is 2.23. The number of nitrogen functional groups attached to an aromatic ring is 1. The molecule has 3 nitrogen and oxygen atoms in total. The molecule has 0 aliphatic rings. The Morgan fingerprint density at radius 2 is 2.23 bits per heavy atom.